The number of ether oxygens (including phenoxy) is 1. The van der Waals surface area contributed by atoms with Gasteiger partial charge in [0.25, 0.3) is 0 Å². The molecular weight excluding hydrogens is 182 g/mol. The van der Waals surface area contributed by atoms with Crippen molar-refractivity contribution in [3.63, 3.8) is 0 Å². The van der Waals surface area contributed by atoms with Gasteiger partial charge < -0.3 is 15.6 Å². The van der Waals surface area contributed by atoms with E-state index in [-0.39, 0.29) is 24.6 Å². The van der Waals surface area contributed by atoms with Gasteiger partial charge in [-0.05, 0) is 20.8 Å². The summed E-state index contributed by atoms with van der Waals surface area (Å²) in [6.07, 6.45) is 0. The third-order valence-electron chi connectivity index (χ3n) is 1.01. The van der Waals surface area contributed by atoms with Crippen molar-refractivity contribution < 1.29 is 14.6 Å². The largest absolute Gasteiger partial charge is 0.480 e. The molecule has 0 aliphatic rings. The van der Waals surface area contributed by atoms with Crippen LogP contribution in [0.4, 0.5) is 0 Å². The molecule has 0 heterocycles. The molecule has 4 nitrogen and oxygen atoms in total. The maximum absolute atomic E-state index is 10.2. The van der Waals surface area contributed by atoms with Gasteiger partial charge in [0, 0.05) is 0 Å². The molecule has 0 bridgehead atoms. The minimum atomic E-state index is -1.03. The van der Waals surface area contributed by atoms with Crippen molar-refractivity contribution in [2.24, 2.45) is 5.73 Å². The Hall–Kier alpha value is -0.320. The molecule has 0 saturated heterocycles. The van der Waals surface area contributed by atoms with Crippen LogP contribution in [-0.4, -0.2) is 29.3 Å². The van der Waals surface area contributed by atoms with Crippen molar-refractivity contribution in [2.75, 3.05) is 6.61 Å². The molecule has 5 heteroatoms. The van der Waals surface area contributed by atoms with Crippen LogP contribution >= 0.6 is 12.4 Å². The molecule has 0 saturated carbocycles. The number of carboxylic acids is 1. The van der Waals surface area contributed by atoms with Crippen LogP contribution in [0.3, 0.4) is 0 Å². The Kier molecular flexibility index (Phi) is 6.34. The summed E-state index contributed by atoms with van der Waals surface area (Å²) in [5.74, 6) is -1.03. The summed E-state index contributed by atoms with van der Waals surface area (Å²) >= 11 is 0. The Bertz CT molecular complexity index is 144. The topological polar surface area (TPSA) is 72.5 Å². The lowest BCUT2D eigenvalue weighted by molar-refractivity contribution is -0.141. The average Bonchev–Trinajstić information content (AvgIpc) is 1.80. The van der Waals surface area contributed by atoms with Gasteiger partial charge in [0.2, 0.25) is 0 Å². The Morgan fingerprint density at radius 3 is 2.25 bits per heavy atom. The van der Waals surface area contributed by atoms with E-state index >= 15 is 0 Å². The van der Waals surface area contributed by atoms with Crippen LogP contribution in [0, 0.1) is 0 Å². The van der Waals surface area contributed by atoms with Crippen molar-refractivity contribution in [2.45, 2.75) is 32.4 Å². The standard InChI is InChI=1S/C7H15NO3.ClH/c1-7(2,3)11-4-5(8)6(9)10;/h5H,4,8H2,1-3H3,(H,9,10);1H. The fourth-order valence-corrected chi connectivity index (χ4v) is 0.411. The van der Waals surface area contributed by atoms with Crippen LogP contribution in [0.15, 0.2) is 0 Å². The Balaban J connectivity index is 0. The SMILES string of the molecule is CC(C)(C)OCC(N)C(=O)O.Cl. The number of rotatable bonds is 3. The molecule has 0 amide bonds. The Morgan fingerprint density at radius 1 is 1.58 bits per heavy atom. The third kappa shape index (κ3) is 7.78. The molecule has 0 aliphatic heterocycles. The van der Waals surface area contributed by atoms with Crippen molar-refractivity contribution >= 4 is 18.4 Å². The summed E-state index contributed by atoms with van der Waals surface area (Å²) in [4.78, 5) is 10.2. The summed E-state index contributed by atoms with van der Waals surface area (Å²) in [6, 6.07) is -0.922. The highest BCUT2D eigenvalue weighted by Gasteiger charge is 2.16. The first-order valence-electron chi connectivity index (χ1n) is 3.45. The normalized spacial score (nSPS) is 13.3. The molecule has 1 atom stereocenters. The lowest BCUT2D eigenvalue weighted by Gasteiger charge is -2.20. The summed E-state index contributed by atoms with van der Waals surface area (Å²) in [5, 5.41) is 8.37. The van der Waals surface area contributed by atoms with E-state index in [4.69, 9.17) is 15.6 Å². The van der Waals surface area contributed by atoms with Crippen LogP contribution in [-0.2, 0) is 9.53 Å². The Labute approximate surface area is 78.5 Å². The van der Waals surface area contributed by atoms with Gasteiger partial charge >= 0.3 is 5.97 Å². The highest BCUT2D eigenvalue weighted by atomic mass is 35.5. The zero-order valence-electron chi connectivity index (χ0n) is 7.53. The predicted molar refractivity (Wildman–Crippen MR) is 48.6 cm³/mol. The van der Waals surface area contributed by atoms with E-state index in [2.05, 4.69) is 0 Å². The number of nitrogens with two attached hydrogens (primary N) is 1. The second-order valence-corrected chi connectivity index (χ2v) is 3.37. The lowest BCUT2D eigenvalue weighted by atomic mass is 10.2. The van der Waals surface area contributed by atoms with E-state index in [1.807, 2.05) is 20.8 Å². The first kappa shape index (κ1) is 14.2. The molecular formula is C7H16ClNO3. The van der Waals surface area contributed by atoms with Gasteiger partial charge in [-0.25, -0.2) is 0 Å². The van der Waals surface area contributed by atoms with Crippen molar-refractivity contribution in [1.29, 1.82) is 0 Å². The first-order chi connectivity index (χ1) is 4.83. The fourth-order valence-electron chi connectivity index (χ4n) is 0.411. The minimum Gasteiger partial charge on any atom is -0.480 e. The first-order valence-corrected chi connectivity index (χ1v) is 3.45. The van der Waals surface area contributed by atoms with E-state index in [0.29, 0.717) is 0 Å². The number of carboxylic acid groups (broad SMARTS) is 1. The van der Waals surface area contributed by atoms with E-state index in [0.717, 1.165) is 0 Å². The number of halogens is 1. The monoisotopic (exact) mass is 197 g/mol. The highest BCUT2D eigenvalue weighted by Crippen LogP contribution is 2.06. The minimum absolute atomic E-state index is 0. The molecule has 0 aromatic rings. The summed E-state index contributed by atoms with van der Waals surface area (Å²) < 4.78 is 5.15. The molecule has 74 valence electrons. The second-order valence-electron chi connectivity index (χ2n) is 3.37. The van der Waals surface area contributed by atoms with Gasteiger partial charge in [0.05, 0.1) is 12.2 Å². The van der Waals surface area contributed by atoms with Gasteiger partial charge in [-0.1, -0.05) is 0 Å². The summed E-state index contributed by atoms with van der Waals surface area (Å²) in [5.41, 5.74) is 4.87. The quantitative estimate of drug-likeness (QED) is 0.697. The highest BCUT2D eigenvalue weighted by molar-refractivity contribution is 5.85. The fraction of sp³-hybridized carbons (Fsp3) is 0.857. The number of hydrogen-bond donors (Lipinski definition) is 2. The van der Waals surface area contributed by atoms with Crippen LogP contribution in [0.5, 0.6) is 0 Å². The maximum Gasteiger partial charge on any atom is 0.322 e. The van der Waals surface area contributed by atoms with E-state index in [9.17, 15) is 4.79 Å². The van der Waals surface area contributed by atoms with E-state index in [1.54, 1.807) is 0 Å². The Morgan fingerprint density at radius 2 is 2.00 bits per heavy atom. The number of hydrogen-bond acceptors (Lipinski definition) is 3. The second kappa shape index (κ2) is 5.35. The zero-order valence-corrected chi connectivity index (χ0v) is 8.35. The van der Waals surface area contributed by atoms with Crippen molar-refractivity contribution in [1.82, 2.24) is 0 Å². The average molecular weight is 198 g/mol. The van der Waals surface area contributed by atoms with Gasteiger partial charge in [0.15, 0.2) is 0 Å². The molecule has 0 aromatic heterocycles. The van der Waals surface area contributed by atoms with Crippen LogP contribution in [0.1, 0.15) is 20.8 Å². The molecule has 0 aliphatic carbocycles. The number of aliphatic carboxylic acids is 1. The molecule has 0 aromatic carbocycles. The molecule has 0 radical (unpaired) electrons. The predicted octanol–water partition coefficient (Wildman–Crippen LogP) is 0.635. The van der Waals surface area contributed by atoms with E-state index in [1.165, 1.54) is 0 Å². The smallest absolute Gasteiger partial charge is 0.322 e. The van der Waals surface area contributed by atoms with Gasteiger partial charge in [-0.2, -0.15) is 0 Å². The lowest BCUT2D eigenvalue weighted by Crippen LogP contribution is -2.37. The van der Waals surface area contributed by atoms with Gasteiger partial charge in [-0.15, -0.1) is 12.4 Å². The van der Waals surface area contributed by atoms with E-state index < -0.39 is 12.0 Å². The molecule has 1 unspecified atom stereocenters. The summed E-state index contributed by atoms with van der Waals surface area (Å²) in [6.45, 7) is 5.60. The summed E-state index contributed by atoms with van der Waals surface area (Å²) in [7, 11) is 0. The molecule has 0 spiro atoms. The number of carbonyl (C=O) groups is 1. The molecule has 3 N–H and O–H groups in total. The van der Waals surface area contributed by atoms with Crippen LogP contribution in [0.2, 0.25) is 0 Å². The third-order valence-corrected chi connectivity index (χ3v) is 1.01. The van der Waals surface area contributed by atoms with Gasteiger partial charge in [0.1, 0.15) is 6.04 Å². The van der Waals surface area contributed by atoms with Crippen molar-refractivity contribution in [3.05, 3.63) is 0 Å². The molecule has 0 fully saturated rings. The van der Waals surface area contributed by atoms with Crippen molar-refractivity contribution in [3.8, 4) is 0 Å². The molecule has 0 rings (SSSR count). The molecule has 12 heavy (non-hydrogen) atoms. The maximum atomic E-state index is 10.2. The zero-order chi connectivity index (χ0) is 9.07. The van der Waals surface area contributed by atoms with Crippen LogP contribution < -0.4 is 5.73 Å². The van der Waals surface area contributed by atoms with Crippen LogP contribution in [0.25, 0.3) is 0 Å². The van der Waals surface area contributed by atoms with Gasteiger partial charge in [-0.3, -0.25) is 4.79 Å².